The third-order valence-electron chi connectivity index (χ3n) is 3.42. The predicted octanol–water partition coefficient (Wildman–Crippen LogP) is 4.30. The average molecular weight is 303 g/mol. The van der Waals surface area contributed by atoms with Crippen molar-refractivity contribution >= 4 is 33.7 Å². The summed E-state index contributed by atoms with van der Waals surface area (Å²) in [6.45, 7) is 0. The van der Waals surface area contributed by atoms with Crippen LogP contribution in [0.15, 0.2) is 53.9 Å². The number of rotatable bonds is 4. The highest BCUT2D eigenvalue weighted by atomic mass is 35.5. The Bertz CT molecular complexity index is 723. The molecule has 3 N–H and O–H groups in total. The van der Waals surface area contributed by atoms with Crippen LogP contribution < -0.4 is 11.3 Å². The van der Waals surface area contributed by atoms with E-state index in [1.54, 1.807) is 11.3 Å². The molecule has 0 bridgehead atoms. The summed E-state index contributed by atoms with van der Waals surface area (Å²) in [7, 11) is 0. The highest BCUT2D eigenvalue weighted by molar-refractivity contribution is 7.10. The molecule has 1 aromatic heterocycles. The van der Waals surface area contributed by atoms with Crippen molar-refractivity contribution in [2.24, 2.45) is 5.84 Å². The van der Waals surface area contributed by atoms with Gasteiger partial charge in [-0.3, -0.25) is 11.3 Å². The first-order valence-electron chi connectivity index (χ1n) is 6.44. The van der Waals surface area contributed by atoms with Crippen molar-refractivity contribution < 1.29 is 0 Å². The van der Waals surface area contributed by atoms with E-state index in [0.717, 1.165) is 16.3 Å². The normalized spacial score (nSPS) is 12.7. The van der Waals surface area contributed by atoms with Crippen LogP contribution in [0.2, 0.25) is 5.02 Å². The molecule has 0 aliphatic heterocycles. The summed E-state index contributed by atoms with van der Waals surface area (Å²) >= 11 is 7.82. The number of benzene rings is 2. The molecule has 0 fully saturated rings. The van der Waals surface area contributed by atoms with Gasteiger partial charge in [-0.15, -0.1) is 11.3 Å². The maximum absolute atomic E-state index is 6.19. The number of fused-ring (bicyclic) bond motifs is 1. The van der Waals surface area contributed by atoms with Gasteiger partial charge in [0, 0.05) is 4.88 Å². The van der Waals surface area contributed by atoms with Gasteiger partial charge in [0.05, 0.1) is 11.1 Å². The first-order chi connectivity index (χ1) is 9.78. The second kappa shape index (κ2) is 5.94. The minimum Gasteiger partial charge on any atom is -0.271 e. The van der Waals surface area contributed by atoms with Crippen molar-refractivity contribution in [2.75, 3.05) is 0 Å². The van der Waals surface area contributed by atoms with Gasteiger partial charge in [0.1, 0.15) is 0 Å². The van der Waals surface area contributed by atoms with Gasteiger partial charge >= 0.3 is 0 Å². The molecule has 4 heteroatoms. The molecule has 2 nitrogen and oxygen atoms in total. The molecule has 1 unspecified atom stereocenters. The van der Waals surface area contributed by atoms with E-state index >= 15 is 0 Å². The fraction of sp³-hybridized carbons (Fsp3) is 0.125. The number of nitrogens with two attached hydrogens (primary N) is 1. The van der Waals surface area contributed by atoms with Crippen LogP contribution in [0.1, 0.15) is 16.5 Å². The van der Waals surface area contributed by atoms with Crippen molar-refractivity contribution in [3.05, 3.63) is 69.4 Å². The molecule has 0 saturated heterocycles. The Morgan fingerprint density at radius 3 is 2.60 bits per heavy atom. The lowest BCUT2D eigenvalue weighted by molar-refractivity contribution is 0.561. The smallest absolute Gasteiger partial charge is 0.0608 e. The number of halogens is 1. The molecule has 0 aliphatic rings. The number of hydrogen-bond acceptors (Lipinski definition) is 3. The highest BCUT2D eigenvalue weighted by Gasteiger charge is 2.15. The summed E-state index contributed by atoms with van der Waals surface area (Å²) in [5.74, 6) is 5.69. The summed E-state index contributed by atoms with van der Waals surface area (Å²) in [5, 5.41) is 5.27. The zero-order valence-corrected chi connectivity index (χ0v) is 12.4. The predicted molar refractivity (Wildman–Crippen MR) is 87.0 cm³/mol. The van der Waals surface area contributed by atoms with Crippen molar-refractivity contribution in [1.82, 2.24) is 5.43 Å². The first kappa shape index (κ1) is 13.6. The molecular weight excluding hydrogens is 288 g/mol. The van der Waals surface area contributed by atoms with Crippen molar-refractivity contribution in [3.63, 3.8) is 0 Å². The van der Waals surface area contributed by atoms with Gasteiger partial charge in [0.2, 0.25) is 0 Å². The van der Waals surface area contributed by atoms with E-state index < -0.39 is 0 Å². The lowest BCUT2D eigenvalue weighted by Crippen LogP contribution is -2.29. The zero-order valence-electron chi connectivity index (χ0n) is 10.8. The average Bonchev–Trinajstić information content (AvgIpc) is 2.91. The van der Waals surface area contributed by atoms with E-state index in [9.17, 15) is 0 Å². The highest BCUT2D eigenvalue weighted by Crippen LogP contribution is 2.30. The lowest BCUT2D eigenvalue weighted by Gasteiger charge is -2.15. The Morgan fingerprint density at radius 1 is 1.10 bits per heavy atom. The monoisotopic (exact) mass is 302 g/mol. The molecule has 2 aromatic carbocycles. The Kier molecular flexibility index (Phi) is 4.03. The number of nitrogens with one attached hydrogen (secondary N) is 1. The molecule has 1 heterocycles. The van der Waals surface area contributed by atoms with Crippen LogP contribution in [-0.4, -0.2) is 0 Å². The number of hydrazine groups is 1. The van der Waals surface area contributed by atoms with Gasteiger partial charge in [0.15, 0.2) is 0 Å². The first-order valence-corrected chi connectivity index (χ1v) is 7.70. The minimum atomic E-state index is 0.0451. The van der Waals surface area contributed by atoms with Gasteiger partial charge in [-0.25, -0.2) is 0 Å². The van der Waals surface area contributed by atoms with E-state index in [2.05, 4.69) is 47.9 Å². The SMILES string of the molecule is NNC(Cc1ccc2ccccc2c1)c1sccc1Cl. The fourth-order valence-electron chi connectivity index (χ4n) is 2.38. The van der Waals surface area contributed by atoms with E-state index in [4.69, 9.17) is 17.4 Å². The summed E-state index contributed by atoms with van der Waals surface area (Å²) < 4.78 is 0. The Labute approximate surface area is 127 Å². The maximum atomic E-state index is 6.19. The van der Waals surface area contributed by atoms with E-state index in [1.807, 2.05) is 11.4 Å². The van der Waals surface area contributed by atoms with Crippen LogP contribution in [0.4, 0.5) is 0 Å². The summed E-state index contributed by atoms with van der Waals surface area (Å²) in [5.41, 5.74) is 4.11. The standard InChI is InChI=1S/C16H15ClN2S/c17-14-7-8-20-16(14)15(19-18)10-11-5-6-12-3-1-2-4-13(12)9-11/h1-9,15,19H,10,18H2. The maximum Gasteiger partial charge on any atom is 0.0608 e. The van der Waals surface area contributed by atoms with Crippen molar-refractivity contribution in [2.45, 2.75) is 12.5 Å². The topological polar surface area (TPSA) is 38.0 Å². The summed E-state index contributed by atoms with van der Waals surface area (Å²) in [6, 6.07) is 16.8. The molecule has 3 aromatic rings. The second-order valence-electron chi connectivity index (χ2n) is 4.74. The van der Waals surface area contributed by atoms with Gasteiger partial charge in [-0.05, 0) is 34.2 Å². The summed E-state index contributed by atoms with van der Waals surface area (Å²) in [6.07, 6.45) is 0.821. The van der Waals surface area contributed by atoms with Crippen LogP contribution in [0.5, 0.6) is 0 Å². The van der Waals surface area contributed by atoms with E-state index in [-0.39, 0.29) is 6.04 Å². The number of hydrogen-bond donors (Lipinski definition) is 2. The largest absolute Gasteiger partial charge is 0.271 e. The zero-order chi connectivity index (χ0) is 13.9. The summed E-state index contributed by atoms with van der Waals surface area (Å²) in [4.78, 5) is 1.09. The van der Waals surface area contributed by atoms with Gasteiger partial charge in [-0.2, -0.15) is 0 Å². The molecule has 0 saturated carbocycles. The van der Waals surface area contributed by atoms with Crippen LogP contribution in [0.25, 0.3) is 10.8 Å². The molecule has 102 valence electrons. The van der Waals surface area contributed by atoms with Crippen LogP contribution in [0, 0.1) is 0 Å². The quantitative estimate of drug-likeness (QED) is 0.557. The van der Waals surface area contributed by atoms with Crippen LogP contribution >= 0.6 is 22.9 Å². The lowest BCUT2D eigenvalue weighted by atomic mass is 10.0. The Balaban J connectivity index is 1.89. The third-order valence-corrected chi connectivity index (χ3v) is 4.89. The molecular formula is C16H15ClN2S. The third kappa shape index (κ3) is 2.72. The van der Waals surface area contributed by atoms with E-state index in [1.165, 1.54) is 16.3 Å². The molecule has 0 aliphatic carbocycles. The fourth-order valence-corrected chi connectivity index (χ4v) is 3.63. The van der Waals surface area contributed by atoms with Crippen LogP contribution in [-0.2, 0) is 6.42 Å². The Hall–Kier alpha value is -1.39. The molecule has 1 atom stereocenters. The van der Waals surface area contributed by atoms with Gasteiger partial charge in [-0.1, -0.05) is 54.1 Å². The van der Waals surface area contributed by atoms with Gasteiger partial charge in [0.25, 0.3) is 0 Å². The van der Waals surface area contributed by atoms with Crippen molar-refractivity contribution in [3.8, 4) is 0 Å². The molecule has 0 spiro atoms. The van der Waals surface area contributed by atoms with E-state index in [0.29, 0.717) is 0 Å². The van der Waals surface area contributed by atoms with Gasteiger partial charge < -0.3 is 0 Å². The molecule has 0 amide bonds. The molecule has 0 radical (unpaired) electrons. The molecule has 3 rings (SSSR count). The molecule has 20 heavy (non-hydrogen) atoms. The second-order valence-corrected chi connectivity index (χ2v) is 6.09. The number of thiophene rings is 1. The minimum absolute atomic E-state index is 0.0451. The van der Waals surface area contributed by atoms with Crippen molar-refractivity contribution in [1.29, 1.82) is 0 Å². The Morgan fingerprint density at radius 2 is 1.90 bits per heavy atom. The van der Waals surface area contributed by atoms with Crippen LogP contribution in [0.3, 0.4) is 0 Å².